The van der Waals surface area contributed by atoms with Gasteiger partial charge in [-0.3, -0.25) is 0 Å². The third-order valence-electron chi connectivity index (χ3n) is 1.97. The van der Waals surface area contributed by atoms with Crippen molar-refractivity contribution in [1.82, 2.24) is 0 Å². The van der Waals surface area contributed by atoms with Crippen molar-refractivity contribution in [1.29, 1.82) is 0 Å². The molecule has 1 heterocycles. The van der Waals surface area contributed by atoms with Crippen LogP contribution < -0.4 is 0 Å². The van der Waals surface area contributed by atoms with Crippen LogP contribution in [0.4, 0.5) is 4.39 Å². The Bertz CT molecular complexity index is 462. The Labute approximate surface area is 85.5 Å². The molecule has 0 saturated heterocycles. The minimum absolute atomic E-state index is 0.304. The smallest absolute Gasteiger partial charge is 0.165 e. The van der Waals surface area contributed by atoms with Crippen molar-refractivity contribution in [2.45, 2.75) is 6.92 Å². The van der Waals surface area contributed by atoms with Gasteiger partial charge in [0.05, 0.1) is 0 Å². The molecule has 0 amide bonds. The molecule has 2 aromatic rings. The van der Waals surface area contributed by atoms with Crippen LogP contribution in [-0.4, -0.2) is 5.11 Å². The van der Waals surface area contributed by atoms with E-state index in [1.54, 1.807) is 17.4 Å². The molecule has 1 aromatic heterocycles. The Morgan fingerprint density at radius 3 is 2.57 bits per heavy atom. The van der Waals surface area contributed by atoms with Crippen molar-refractivity contribution < 1.29 is 9.50 Å². The van der Waals surface area contributed by atoms with E-state index >= 15 is 0 Å². The van der Waals surface area contributed by atoms with Gasteiger partial charge in [-0.25, -0.2) is 4.39 Å². The normalized spacial score (nSPS) is 10.4. The molecule has 0 aliphatic carbocycles. The molecule has 0 spiro atoms. The van der Waals surface area contributed by atoms with Crippen molar-refractivity contribution in [2.24, 2.45) is 0 Å². The molecular weight excluding hydrogens is 199 g/mol. The predicted octanol–water partition coefficient (Wildman–Crippen LogP) is 3.57. The first kappa shape index (κ1) is 9.21. The van der Waals surface area contributed by atoms with Gasteiger partial charge in [0.25, 0.3) is 0 Å². The molecule has 0 aliphatic rings. The largest absolute Gasteiger partial charge is 0.505 e. The first-order valence-electron chi connectivity index (χ1n) is 4.22. The number of aromatic hydroxyl groups is 1. The second-order valence-electron chi connectivity index (χ2n) is 3.08. The van der Waals surface area contributed by atoms with Gasteiger partial charge in [0.2, 0.25) is 0 Å². The number of hydrogen-bond donors (Lipinski definition) is 1. The highest BCUT2D eigenvalue weighted by molar-refractivity contribution is 7.15. The third kappa shape index (κ3) is 1.63. The molecule has 0 fully saturated rings. The van der Waals surface area contributed by atoms with Crippen LogP contribution in [0, 0.1) is 12.7 Å². The van der Waals surface area contributed by atoms with Crippen LogP contribution in [0.1, 0.15) is 4.88 Å². The lowest BCUT2D eigenvalue weighted by molar-refractivity contribution is 0.432. The fourth-order valence-electron chi connectivity index (χ4n) is 1.25. The number of phenolic OH excluding ortho intramolecular Hbond substituents is 1. The summed E-state index contributed by atoms with van der Waals surface area (Å²) in [4.78, 5) is 2.20. The van der Waals surface area contributed by atoms with E-state index < -0.39 is 5.82 Å². The van der Waals surface area contributed by atoms with Crippen LogP contribution in [0.3, 0.4) is 0 Å². The zero-order valence-electron chi connectivity index (χ0n) is 7.62. The van der Waals surface area contributed by atoms with Gasteiger partial charge in [0, 0.05) is 9.75 Å². The van der Waals surface area contributed by atoms with Gasteiger partial charge in [-0.05, 0) is 42.8 Å². The first-order chi connectivity index (χ1) is 6.66. The van der Waals surface area contributed by atoms with Crippen LogP contribution in [0.5, 0.6) is 5.75 Å². The summed E-state index contributed by atoms with van der Waals surface area (Å²) in [5.74, 6) is -0.879. The maximum absolute atomic E-state index is 13.0. The van der Waals surface area contributed by atoms with Crippen molar-refractivity contribution in [3.05, 3.63) is 41.0 Å². The van der Waals surface area contributed by atoms with Crippen LogP contribution in [0.15, 0.2) is 30.3 Å². The van der Waals surface area contributed by atoms with E-state index in [1.165, 1.54) is 17.0 Å². The molecule has 1 nitrogen and oxygen atoms in total. The fraction of sp³-hybridized carbons (Fsp3) is 0.0909. The predicted molar refractivity (Wildman–Crippen MR) is 56.1 cm³/mol. The minimum Gasteiger partial charge on any atom is -0.505 e. The summed E-state index contributed by atoms with van der Waals surface area (Å²) in [5.41, 5.74) is 0.804. The molecule has 3 heteroatoms. The molecule has 1 N–H and O–H groups in total. The lowest BCUT2D eigenvalue weighted by Crippen LogP contribution is -1.77. The van der Waals surface area contributed by atoms with Crippen LogP contribution in [0.25, 0.3) is 10.4 Å². The third-order valence-corrected chi connectivity index (χ3v) is 3.02. The first-order valence-corrected chi connectivity index (χ1v) is 5.04. The zero-order valence-corrected chi connectivity index (χ0v) is 8.44. The van der Waals surface area contributed by atoms with Crippen LogP contribution in [-0.2, 0) is 0 Å². The highest BCUT2D eigenvalue weighted by Gasteiger charge is 2.04. The molecule has 2 rings (SSSR count). The van der Waals surface area contributed by atoms with E-state index in [0.717, 1.165) is 10.4 Å². The standard InChI is InChI=1S/C11H9FOS/c1-7-2-5-11(14-7)8-3-4-10(13)9(12)6-8/h2-6,13H,1H3. The average molecular weight is 208 g/mol. The molecule has 0 radical (unpaired) electrons. The molecule has 0 aliphatic heterocycles. The SMILES string of the molecule is Cc1ccc(-c2ccc(O)c(F)c2)s1. The van der Waals surface area contributed by atoms with E-state index in [-0.39, 0.29) is 5.75 Å². The zero-order chi connectivity index (χ0) is 10.1. The van der Waals surface area contributed by atoms with Gasteiger partial charge in [0.15, 0.2) is 11.6 Å². The number of aryl methyl sites for hydroxylation is 1. The van der Waals surface area contributed by atoms with E-state index in [9.17, 15) is 4.39 Å². The Balaban J connectivity index is 2.47. The lowest BCUT2D eigenvalue weighted by atomic mass is 10.2. The summed E-state index contributed by atoms with van der Waals surface area (Å²) < 4.78 is 13.0. The Hall–Kier alpha value is -1.35. The molecule has 1 aromatic carbocycles. The van der Waals surface area contributed by atoms with Gasteiger partial charge >= 0.3 is 0 Å². The second kappa shape index (κ2) is 3.42. The number of benzene rings is 1. The maximum Gasteiger partial charge on any atom is 0.165 e. The summed E-state index contributed by atoms with van der Waals surface area (Å²) in [6.07, 6.45) is 0. The summed E-state index contributed by atoms with van der Waals surface area (Å²) in [6.45, 7) is 2.00. The average Bonchev–Trinajstić information content (AvgIpc) is 2.57. The number of phenols is 1. The van der Waals surface area contributed by atoms with Crippen molar-refractivity contribution in [2.75, 3.05) is 0 Å². The highest BCUT2D eigenvalue weighted by atomic mass is 32.1. The van der Waals surface area contributed by atoms with Crippen LogP contribution >= 0.6 is 11.3 Å². The van der Waals surface area contributed by atoms with Crippen molar-refractivity contribution >= 4 is 11.3 Å². The van der Waals surface area contributed by atoms with E-state index in [1.807, 2.05) is 19.1 Å². The summed E-state index contributed by atoms with van der Waals surface area (Å²) in [5, 5.41) is 9.02. The number of thiophene rings is 1. The van der Waals surface area contributed by atoms with E-state index in [2.05, 4.69) is 0 Å². The Kier molecular flexibility index (Phi) is 2.25. The monoisotopic (exact) mass is 208 g/mol. The van der Waals surface area contributed by atoms with Gasteiger partial charge < -0.3 is 5.11 Å². The van der Waals surface area contributed by atoms with Gasteiger partial charge in [-0.1, -0.05) is 0 Å². The number of halogens is 1. The van der Waals surface area contributed by atoms with Gasteiger partial charge in [-0.15, -0.1) is 11.3 Å². The summed E-state index contributed by atoms with van der Waals surface area (Å²) >= 11 is 1.61. The van der Waals surface area contributed by atoms with Crippen molar-refractivity contribution in [3.63, 3.8) is 0 Å². The quantitative estimate of drug-likeness (QED) is 0.759. The summed E-state index contributed by atoms with van der Waals surface area (Å²) in [6, 6.07) is 8.38. The number of hydrogen-bond acceptors (Lipinski definition) is 2. The fourth-order valence-corrected chi connectivity index (χ4v) is 2.11. The molecule has 0 bridgehead atoms. The van der Waals surface area contributed by atoms with E-state index in [0.29, 0.717) is 0 Å². The number of rotatable bonds is 1. The van der Waals surface area contributed by atoms with Crippen LogP contribution in [0.2, 0.25) is 0 Å². The minimum atomic E-state index is -0.575. The summed E-state index contributed by atoms with van der Waals surface area (Å²) in [7, 11) is 0. The topological polar surface area (TPSA) is 20.2 Å². The van der Waals surface area contributed by atoms with Gasteiger partial charge in [-0.2, -0.15) is 0 Å². The molecule has 14 heavy (non-hydrogen) atoms. The molecule has 0 saturated carbocycles. The maximum atomic E-state index is 13.0. The lowest BCUT2D eigenvalue weighted by Gasteiger charge is -1.99. The second-order valence-corrected chi connectivity index (χ2v) is 4.36. The molecule has 0 unspecified atom stereocenters. The molecule has 72 valence electrons. The highest BCUT2D eigenvalue weighted by Crippen LogP contribution is 2.30. The Morgan fingerprint density at radius 1 is 1.21 bits per heavy atom. The molecule has 0 atom stereocenters. The molecular formula is C11H9FOS. The van der Waals surface area contributed by atoms with E-state index in [4.69, 9.17) is 5.11 Å². The Morgan fingerprint density at radius 2 is 2.00 bits per heavy atom. The van der Waals surface area contributed by atoms with Crippen molar-refractivity contribution in [3.8, 4) is 16.2 Å². The van der Waals surface area contributed by atoms with Gasteiger partial charge in [0.1, 0.15) is 0 Å².